The number of fused-ring (bicyclic) bond motifs is 1. The van der Waals surface area contributed by atoms with Gasteiger partial charge in [-0.1, -0.05) is 11.6 Å². The monoisotopic (exact) mass is 338 g/mol. The van der Waals surface area contributed by atoms with Gasteiger partial charge in [-0.05, 0) is 12.1 Å². The first-order valence-corrected chi connectivity index (χ1v) is 7.40. The Morgan fingerprint density at radius 2 is 1.96 bits per heavy atom. The van der Waals surface area contributed by atoms with Crippen molar-refractivity contribution in [2.24, 2.45) is 0 Å². The number of hydrogen-bond donors (Lipinski definition) is 1. The third-order valence-electron chi connectivity index (χ3n) is 3.93. The molecule has 2 aromatic rings. The molecule has 1 unspecified atom stereocenters. The molecule has 1 aromatic heterocycles. The summed E-state index contributed by atoms with van der Waals surface area (Å²) >= 11 is 6.09. The number of nitrogens with zero attached hydrogens (tertiary/aromatic N) is 2. The van der Waals surface area contributed by atoms with Crippen LogP contribution in [0.15, 0.2) is 24.5 Å². The summed E-state index contributed by atoms with van der Waals surface area (Å²) in [6.45, 7) is 0.532. The molecule has 0 fully saturated rings. The molecule has 23 heavy (non-hydrogen) atoms. The molecule has 0 saturated carbocycles. The molecule has 2 heterocycles. The predicted octanol–water partition coefficient (Wildman–Crippen LogP) is 2.94. The maximum Gasteiger partial charge on any atom is 0.166 e. The molecule has 0 aliphatic carbocycles. The van der Waals surface area contributed by atoms with Crippen LogP contribution in [0.25, 0.3) is 0 Å². The number of pyridine rings is 1. The fraction of sp³-hybridized carbons (Fsp3) is 0.312. The molecule has 3 rings (SSSR count). The van der Waals surface area contributed by atoms with Crippen LogP contribution in [0.3, 0.4) is 0 Å². The summed E-state index contributed by atoms with van der Waals surface area (Å²) in [5, 5.41) is 10.7. The quantitative estimate of drug-likeness (QED) is 0.932. The minimum atomic E-state index is -0.854. The van der Waals surface area contributed by atoms with Gasteiger partial charge in [0.15, 0.2) is 5.82 Å². The minimum Gasteiger partial charge on any atom is -0.496 e. The largest absolute Gasteiger partial charge is 0.496 e. The van der Waals surface area contributed by atoms with Crippen molar-refractivity contribution < 1.29 is 19.0 Å². The molecule has 7 heteroatoms. The van der Waals surface area contributed by atoms with Gasteiger partial charge in [-0.2, -0.15) is 0 Å². The highest BCUT2D eigenvalue weighted by atomic mass is 35.5. The topological polar surface area (TPSA) is 54.8 Å². The van der Waals surface area contributed by atoms with Crippen molar-refractivity contribution in [1.29, 1.82) is 0 Å². The van der Waals surface area contributed by atoms with Gasteiger partial charge in [0.1, 0.15) is 17.6 Å². The fourth-order valence-corrected chi connectivity index (χ4v) is 3.22. The number of rotatable bonds is 3. The number of methoxy groups -OCH3 is 2. The molecule has 1 aliphatic rings. The Bertz CT molecular complexity index is 721. The average molecular weight is 339 g/mol. The van der Waals surface area contributed by atoms with Crippen molar-refractivity contribution in [3.63, 3.8) is 0 Å². The normalized spacial score (nSPS) is 16.9. The van der Waals surface area contributed by atoms with Crippen LogP contribution in [0, 0.1) is 5.82 Å². The zero-order valence-corrected chi connectivity index (χ0v) is 13.5. The summed E-state index contributed by atoms with van der Waals surface area (Å²) in [5.74, 6) is 0.652. The van der Waals surface area contributed by atoms with E-state index in [-0.39, 0.29) is 17.3 Å². The van der Waals surface area contributed by atoms with Crippen molar-refractivity contribution >= 4 is 17.3 Å². The second-order valence-electron chi connectivity index (χ2n) is 5.21. The van der Waals surface area contributed by atoms with Gasteiger partial charge in [0.25, 0.3) is 0 Å². The van der Waals surface area contributed by atoms with Crippen LogP contribution in [0.2, 0.25) is 5.02 Å². The summed E-state index contributed by atoms with van der Waals surface area (Å²) in [7, 11) is 3.09. The number of ether oxygens (including phenoxy) is 2. The summed E-state index contributed by atoms with van der Waals surface area (Å²) in [4.78, 5) is 5.40. The Morgan fingerprint density at radius 3 is 2.61 bits per heavy atom. The third-order valence-corrected chi connectivity index (χ3v) is 4.21. The van der Waals surface area contributed by atoms with Gasteiger partial charge < -0.3 is 19.5 Å². The third kappa shape index (κ3) is 2.68. The van der Waals surface area contributed by atoms with E-state index in [1.54, 1.807) is 31.3 Å². The number of benzene rings is 1. The lowest BCUT2D eigenvalue weighted by molar-refractivity contribution is 0.169. The zero-order valence-electron chi connectivity index (χ0n) is 12.7. The summed E-state index contributed by atoms with van der Waals surface area (Å²) in [6.07, 6.45) is 1.63. The molecule has 1 atom stereocenters. The van der Waals surface area contributed by atoms with Crippen molar-refractivity contribution in [2.75, 3.05) is 25.7 Å². The zero-order chi connectivity index (χ0) is 16.6. The van der Waals surface area contributed by atoms with Gasteiger partial charge >= 0.3 is 0 Å². The van der Waals surface area contributed by atoms with Crippen LogP contribution < -0.4 is 14.4 Å². The molecular formula is C16H16ClFN2O3. The molecule has 0 bridgehead atoms. The number of aromatic nitrogens is 1. The Kier molecular flexibility index (Phi) is 4.28. The summed E-state index contributed by atoms with van der Waals surface area (Å²) in [5.41, 5.74) is 1.63. The Labute approximate surface area is 138 Å². The lowest BCUT2D eigenvalue weighted by atomic mass is 9.95. The SMILES string of the molecule is COc1ccc(OC)c2c1CN(c1c(F)cncc1Cl)CC2O. The molecule has 1 N–H and O–H groups in total. The van der Waals surface area contributed by atoms with E-state index in [0.717, 1.165) is 11.8 Å². The first-order chi connectivity index (χ1) is 11.1. The van der Waals surface area contributed by atoms with Crippen LogP contribution in [-0.4, -0.2) is 30.9 Å². The molecule has 5 nitrogen and oxygen atoms in total. The van der Waals surface area contributed by atoms with Gasteiger partial charge in [0.05, 0.1) is 31.1 Å². The lowest BCUT2D eigenvalue weighted by Gasteiger charge is -2.35. The smallest absolute Gasteiger partial charge is 0.166 e. The van der Waals surface area contributed by atoms with E-state index in [9.17, 15) is 9.50 Å². The number of β-amino-alcohol motifs (C(OH)–C–C–N with tert-alkyl or cyclic N) is 1. The van der Waals surface area contributed by atoms with Gasteiger partial charge in [-0.15, -0.1) is 0 Å². The molecule has 0 amide bonds. The number of halogens is 2. The standard InChI is InChI=1S/C16H16ClFN2O3/c1-22-13-3-4-14(23-2)15-9(13)7-20(8-12(15)21)16-10(17)5-19-6-11(16)18/h3-6,12,21H,7-8H2,1-2H3. The van der Waals surface area contributed by atoms with E-state index < -0.39 is 11.9 Å². The van der Waals surface area contributed by atoms with E-state index in [1.165, 1.54) is 6.20 Å². The molecular weight excluding hydrogens is 323 g/mol. The van der Waals surface area contributed by atoms with E-state index in [4.69, 9.17) is 21.1 Å². The highest BCUT2D eigenvalue weighted by Crippen LogP contribution is 2.42. The molecule has 0 spiro atoms. The molecule has 0 radical (unpaired) electrons. The number of aliphatic hydroxyl groups excluding tert-OH is 1. The van der Waals surface area contributed by atoms with Crippen LogP contribution in [0.1, 0.15) is 17.2 Å². The van der Waals surface area contributed by atoms with Crippen molar-refractivity contribution in [3.8, 4) is 11.5 Å². The Hall–Kier alpha value is -2.05. The summed E-state index contributed by atoms with van der Waals surface area (Å²) < 4.78 is 24.8. The Balaban J connectivity index is 2.10. The van der Waals surface area contributed by atoms with Crippen LogP contribution >= 0.6 is 11.6 Å². The maximum absolute atomic E-state index is 14.1. The number of aliphatic hydroxyl groups is 1. The average Bonchev–Trinajstić information content (AvgIpc) is 2.53. The van der Waals surface area contributed by atoms with Crippen LogP contribution in [-0.2, 0) is 6.54 Å². The second-order valence-corrected chi connectivity index (χ2v) is 5.62. The molecule has 1 aromatic carbocycles. The van der Waals surface area contributed by atoms with Crippen molar-refractivity contribution in [3.05, 3.63) is 46.5 Å². The van der Waals surface area contributed by atoms with Crippen LogP contribution in [0.4, 0.5) is 10.1 Å². The van der Waals surface area contributed by atoms with E-state index in [2.05, 4.69) is 4.98 Å². The van der Waals surface area contributed by atoms with Crippen LogP contribution in [0.5, 0.6) is 11.5 Å². The first-order valence-electron chi connectivity index (χ1n) is 7.02. The van der Waals surface area contributed by atoms with Gasteiger partial charge in [-0.3, -0.25) is 4.98 Å². The van der Waals surface area contributed by atoms with Crippen molar-refractivity contribution in [1.82, 2.24) is 4.98 Å². The molecule has 1 aliphatic heterocycles. The maximum atomic E-state index is 14.1. The van der Waals surface area contributed by atoms with Crippen molar-refractivity contribution in [2.45, 2.75) is 12.6 Å². The van der Waals surface area contributed by atoms with E-state index in [0.29, 0.717) is 23.6 Å². The number of hydrogen-bond acceptors (Lipinski definition) is 5. The first kappa shape index (κ1) is 15.8. The highest BCUT2D eigenvalue weighted by molar-refractivity contribution is 6.33. The van der Waals surface area contributed by atoms with E-state index >= 15 is 0 Å². The Morgan fingerprint density at radius 1 is 1.26 bits per heavy atom. The second kappa shape index (κ2) is 6.22. The highest BCUT2D eigenvalue weighted by Gasteiger charge is 2.31. The molecule has 122 valence electrons. The molecule has 0 saturated heterocycles. The predicted molar refractivity (Wildman–Crippen MR) is 84.8 cm³/mol. The fourth-order valence-electron chi connectivity index (χ4n) is 2.95. The number of anilines is 1. The summed E-state index contributed by atoms with van der Waals surface area (Å²) in [6, 6.07) is 3.51. The van der Waals surface area contributed by atoms with Gasteiger partial charge in [-0.25, -0.2) is 4.39 Å². The van der Waals surface area contributed by atoms with Gasteiger partial charge in [0, 0.05) is 30.4 Å². The van der Waals surface area contributed by atoms with E-state index in [1.807, 2.05) is 0 Å². The lowest BCUT2D eigenvalue weighted by Crippen LogP contribution is -2.35. The minimum absolute atomic E-state index is 0.192. The van der Waals surface area contributed by atoms with Gasteiger partial charge in [0.2, 0.25) is 0 Å².